The fraction of sp³-hybridized carbons (Fsp3) is 0.154. The summed E-state index contributed by atoms with van der Waals surface area (Å²) in [6.07, 6.45) is 2.54. The minimum Gasteiger partial charge on any atom is -0.305 e. The number of anilines is 1. The number of aromatic amines is 2. The van der Waals surface area contributed by atoms with Crippen LogP contribution in [-0.2, 0) is 6.42 Å². The van der Waals surface area contributed by atoms with E-state index in [1.807, 2.05) is 19.1 Å². The fourth-order valence-corrected chi connectivity index (χ4v) is 1.88. The number of amides is 1. The summed E-state index contributed by atoms with van der Waals surface area (Å²) < 4.78 is 0. The van der Waals surface area contributed by atoms with Gasteiger partial charge in [-0.15, -0.1) is 0 Å². The molecule has 0 saturated heterocycles. The molecule has 3 N–H and O–H groups in total. The Labute approximate surface area is 109 Å². The average Bonchev–Trinajstić information content (AvgIpc) is 3.05. The second-order valence-corrected chi connectivity index (χ2v) is 4.26. The molecule has 3 aromatic rings. The van der Waals surface area contributed by atoms with Gasteiger partial charge in [-0.2, -0.15) is 10.2 Å². The molecule has 96 valence electrons. The third-order valence-electron chi connectivity index (χ3n) is 2.96. The van der Waals surface area contributed by atoms with Gasteiger partial charge in [0.15, 0.2) is 5.82 Å². The number of hydrogen-bond donors (Lipinski definition) is 3. The summed E-state index contributed by atoms with van der Waals surface area (Å²) in [6, 6.07) is 7.21. The molecule has 0 radical (unpaired) electrons. The Kier molecular flexibility index (Phi) is 2.75. The Hall–Kier alpha value is -2.63. The zero-order valence-electron chi connectivity index (χ0n) is 10.4. The van der Waals surface area contributed by atoms with E-state index in [1.54, 1.807) is 18.3 Å². The van der Waals surface area contributed by atoms with Crippen molar-refractivity contribution >= 4 is 22.6 Å². The minimum atomic E-state index is -0.183. The lowest BCUT2D eigenvalue weighted by Crippen LogP contribution is -2.11. The number of fused-ring (bicyclic) bond motifs is 1. The molecular weight excluding hydrogens is 242 g/mol. The van der Waals surface area contributed by atoms with Gasteiger partial charge in [-0.05, 0) is 24.6 Å². The molecular formula is C13H13N5O. The fourth-order valence-electron chi connectivity index (χ4n) is 1.88. The number of aryl methyl sites for hydroxylation is 1. The molecule has 6 heteroatoms. The summed E-state index contributed by atoms with van der Waals surface area (Å²) in [5.41, 5.74) is 2.47. The van der Waals surface area contributed by atoms with Crippen LogP contribution >= 0.6 is 0 Å². The van der Waals surface area contributed by atoms with Crippen LogP contribution in [0.15, 0.2) is 30.5 Å². The van der Waals surface area contributed by atoms with E-state index in [0.717, 1.165) is 23.0 Å². The molecule has 0 aliphatic rings. The number of H-pyrrole nitrogens is 2. The molecule has 0 bridgehead atoms. The predicted molar refractivity (Wildman–Crippen MR) is 72.0 cm³/mol. The lowest BCUT2D eigenvalue weighted by atomic mass is 10.1. The molecule has 6 nitrogen and oxygen atoms in total. The van der Waals surface area contributed by atoms with E-state index in [2.05, 4.69) is 25.7 Å². The molecule has 0 fully saturated rings. The number of hydrogen-bond acceptors (Lipinski definition) is 3. The van der Waals surface area contributed by atoms with Crippen molar-refractivity contribution < 1.29 is 4.79 Å². The largest absolute Gasteiger partial charge is 0.305 e. The third kappa shape index (κ3) is 2.20. The van der Waals surface area contributed by atoms with E-state index in [0.29, 0.717) is 11.4 Å². The van der Waals surface area contributed by atoms with Gasteiger partial charge in [0.2, 0.25) is 0 Å². The van der Waals surface area contributed by atoms with Gasteiger partial charge < -0.3 is 5.32 Å². The van der Waals surface area contributed by atoms with Crippen LogP contribution in [0.2, 0.25) is 0 Å². The van der Waals surface area contributed by atoms with Crippen LogP contribution in [0, 0.1) is 0 Å². The normalized spacial score (nSPS) is 10.8. The summed E-state index contributed by atoms with van der Waals surface area (Å²) in [5, 5.41) is 17.3. The first-order valence-corrected chi connectivity index (χ1v) is 6.05. The first-order valence-electron chi connectivity index (χ1n) is 6.05. The minimum absolute atomic E-state index is 0.183. The van der Waals surface area contributed by atoms with Crippen molar-refractivity contribution in [3.63, 3.8) is 0 Å². The quantitative estimate of drug-likeness (QED) is 0.669. The van der Waals surface area contributed by atoms with Gasteiger partial charge in [0.25, 0.3) is 5.91 Å². The lowest BCUT2D eigenvalue weighted by Gasteiger charge is -2.01. The first-order chi connectivity index (χ1) is 9.26. The second kappa shape index (κ2) is 4.56. The monoisotopic (exact) mass is 255 g/mol. The Morgan fingerprint density at radius 1 is 1.32 bits per heavy atom. The molecule has 0 aliphatic heterocycles. The highest BCUT2D eigenvalue weighted by molar-refractivity contribution is 6.05. The van der Waals surface area contributed by atoms with Crippen molar-refractivity contribution in [1.82, 2.24) is 20.4 Å². The summed E-state index contributed by atoms with van der Waals surface area (Å²) >= 11 is 0. The van der Waals surface area contributed by atoms with Gasteiger partial charge >= 0.3 is 0 Å². The Morgan fingerprint density at radius 2 is 2.21 bits per heavy atom. The highest BCUT2D eigenvalue weighted by atomic mass is 16.1. The van der Waals surface area contributed by atoms with Crippen molar-refractivity contribution in [2.24, 2.45) is 0 Å². The number of benzene rings is 1. The van der Waals surface area contributed by atoms with Crippen molar-refractivity contribution in [1.29, 1.82) is 0 Å². The Balaban J connectivity index is 1.82. The Bertz CT molecular complexity index is 727. The Morgan fingerprint density at radius 3 is 3.00 bits per heavy atom. The molecule has 0 atom stereocenters. The first kappa shape index (κ1) is 11.5. The SMILES string of the molecule is CCc1cc(NC(=O)c2ccc3[nH]ncc3c2)n[nH]1. The predicted octanol–water partition coefficient (Wildman–Crippen LogP) is 2.10. The van der Waals surface area contributed by atoms with Gasteiger partial charge in [0, 0.05) is 22.7 Å². The van der Waals surface area contributed by atoms with E-state index in [9.17, 15) is 4.79 Å². The highest BCUT2D eigenvalue weighted by Gasteiger charge is 2.09. The molecule has 1 amide bonds. The molecule has 2 heterocycles. The molecule has 3 rings (SSSR count). The van der Waals surface area contributed by atoms with Crippen LogP contribution in [0.1, 0.15) is 23.0 Å². The van der Waals surface area contributed by atoms with Crippen molar-refractivity contribution in [3.05, 3.63) is 41.7 Å². The van der Waals surface area contributed by atoms with E-state index in [4.69, 9.17) is 0 Å². The molecule has 19 heavy (non-hydrogen) atoms. The molecule has 0 unspecified atom stereocenters. The molecule has 0 aliphatic carbocycles. The maximum atomic E-state index is 12.1. The van der Waals surface area contributed by atoms with Crippen LogP contribution < -0.4 is 5.32 Å². The molecule has 0 spiro atoms. The van der Waals surface area contributed by atoms with Gasteiger partial charge in [0.05, 0.1) is 11.7 Å². The molecule has 1 aromatic carbocycles. The van der Waals surface area contributed by atoms with Crippen molar-refractivity contribution in [3.8, 4) is 0 Å². The lowest BCUT2D eigenvalue weighted by molar-refractivity contribution is 0.102. The summed E-state index contributed by atoms with van der Waals surface area (Å²) in [6.45, 7) is 2.02. The van der Waals surface area contributed by atoms with E-state index >= 15 is 0 Å². The topological polar surface area (TPSA) is 86.5 Å². The van der Waals surface area contributed by atoms with Crippen LogP contribution in [0.5, 0.6) is 0 Å². The van der Waals surface area contributed by atoms with Crippen LogP contribution in [0.3, 0.4) is 0 Å². The maximum Gasteiger partial charge on any atom is 0.256 e. The number of aromatic nitrogens is 4. The highest BCUT2D eigenvalue weighted by Crippen LogP contribution is 2.14. The number of carbonyl (C=O) groups is 1. The van der Waals surface area contributed by atoms with Gasteiger partial charge in [-0.25, -0.2) is 0 Å². The van der Waals surface area contributed by atoms with Crippen LogP contribution in [-0.4, -0.2) is 26.3 Å². The zero-order valence-corrected chi connectivity index (χ0v) is 10.4. The number of nitrogens with one attached hydrogen (secondary N) is 3. The summed E-state index contributed by atoms with van der Waals surface area (Å²) in [7, 11) is 0. The third-order valence-corrected chi connectivity index (χ3v) is 2.96. The average molecular weight is 255 g/mol. The van der Waals surface area contributed by atoms with E-state index in [1.165, 1.54) is 0 Å². The van der Waals surface area contributed by atoms with Crippen molar-refractivity contribution in [2.75, 3.05) is 5.32 Å². The second-order valence-electron chi connectivity index (χ2n) is 4.26. The number of nitrogens with zero attached hydrogens (tertiary/aromatic N) is 2. The van der Waals surface area contributed by atoms with Gasteiger partial charge in [-0.1, -0.05) is 6.92 Å². The standard InChI is InChI=1S/C13H13N5O/c1-2-10-6-12(18-16-10)15-13(19)8-3-4-11-9(5-8)7-14-17-11/h3-7H,2H2,1H3,(H,14,17)(H2,15,16,18,19). The molecule has 0 saturated carbocycles. The van der Waals surface area contributed by atoms with Crippen LogP contribution in [0.25, 0.3) is 10.9 Å². The maximum absolute atomic E-state index is 12.1. The summed E-state index contributed by atoms with van der Waals surface area (Å²) in [4.78, 5) is 12.1. The van der Waals surface area contributed by atoms with Crippen molar-refractivity contribution in [2.45, 2.75) is 13.3 Å². The summed E-state index contributed by atoms with van der Waals surface area (Å²) in [5.74, 6) is 0.353. The van der Waals surface area contributed by atoms with Gasteiger partial charge in [0.1, 0.15) is 0 Å². The smallest absolute Gasteiger partial charge is 0.256 e. The van der Waals surface area contributed by atoms with Crippen LogP contribution in [0.4, 0.5) is 5.82 Å². The zero-order chi connectivity index (χ0) is 13.2. The van der Waals surface area contributed by atoms with Gasteiger partial charge in [-0.3, -0.25) is 15.0 Å². The van der Waals surface area contributed by atoms with E-state index < -0.39 is 0 Å². The number of carbonyl (C=O) groups excluding carboxylic acids is 1. The van der Waals surface area contributed by atoms with E-state index in [-0.39, 0.29) is 5.91 Å². The molecule has 2 aromatic heterocycles. The number of rotatable bonds is 3.